The Kier molecular flexibility index (Phi) is 12.8. The molecule has 13 heavy (non-hydrogen) atoms. The van der Waals surface area contributed by atoms with Crippen molar-refractivity contribution < 1.29 is 0 Å². The molecule has 0 atom stereocenters. The van der Waals surface area contributed by atoms with Crippen molar-refractivity contribution in [3.8, 4) is 0 Å². The third kappa shape index (κ3) is 12.4. The van der Waals surface area contributed by atoms with Crippen molar-refractivity contribution in [3.05, 3.63) is 0 Å². The number of rotatable bonds is 10. The standard InChI is InChI=1S/C12H25P/c1-2-3-4-5-6-7-8-9-10-11-12-13/h2-12H2,1H3. The first-order chi connectivity index (χ1) is 6.41. The summed E-state index contributed by atoms with van der Waals surface area (Å²) < 4.78 is 0. The molecule has 0 rings (SSSR count). The lowest BCUT2D eigenvalue weighted by atomic mass is 10.1. The second kappa shape index (κ2) is 12.4. The fraction of sp³-hybridized carbons (Fsp3) is 1.00. The SMILES string of the molecule is CCCCCCCCCCCC[P]. The van der Waals surface area contributed by atoms with Gasteiger partial charge in [-0.3, -0.25) is 0 Å². The highest BCUT2D eigenvalue weighted by atomic mass is 31.0. The summed E-state index contributed by atoms with van der Waals surface area (Å²) in [5.41, 5.74) is 0. The van der Waals surface area contributed by atoms with Crippen LogP contribution in [0.15, 0.2) is 0 Å². The van der Waals surface area contributed by atoms with Crippen LogP contribution in [0.3, 0.4) is 0 Å². The molecule has 0 spiro atoms. The molecule has 0 aromatic carbocycles. The molecule has 0 aliphatic rings. The van der Waals surface area contributed by atoms with Gasteiger partial charge in [0.15, 0.2) is 0 Å². The van der Waals surface area contributed by atoms with Crippen molar-refractivity contribution >= 4 is 9.24 Å². The van der Waals surface area contributed by atoms with Gasteiger partial charge in [-0.2, -0.15) is 0 Å². The first-order valence-corrected chi connectivity index (χ1v) is 6.66. The third-order valence-electron chi connectivity index (χ3n) is 2.51. The van der Waals surface area contributed by atoms with E-state index in [-0.39, 0.29) is 0 Å². The maximum atomic E-state index is 4.20. The van der Waals surface area contributed by atoms with Crippen LogP contribution in [0.2, 0.25) is 0 Å². The molecule has 0 aromatic heterocycles. The lowest BCUT2D eigenvalue weighted by Crippen LogP contribution is -1.81. The Morgan fingerprint density at radius 3 is 1.38 bits per heavy atom. The zero-order chi connectivity index (χ0) is 9.78. The highest BCUT2D eigenvalue weighted by molar-refractivity contribution is 7.16. The predicted molar refractivity (Wildman–Crippen MR) is 63.6 cm³/mol. The summed E-state index contributed by atoms with van der Waals surface area (Å²) in [5, 5.41) is 0. The number of hydrogen-bond acceptors (Lipinski definition) is 0. The molecule has 0 nitrogen and oxygen atoms in total. The van der Waals surface area contributed by atoms with Gasteiger partial charge in [0.05, 0.1) is 0 Å². The summed E-state index contributed by atoms with van der Waals surface area (Å²) in [5.74, 6) is 0. The summed E-state index contributed by atoms with van der Waals surface area (Å²) in [6, 6.07) is 0. The van der Waals surface area contributed by atoms with Crippen LogP contribution in [-0.2, 0) is 0 Å². The smallest absolute Gasteiger partial charge is 0.0242 e. The van der Waals surface area contributed by atoms with Gasteiger partial charge >= 0.3 is 0 Å². The zero-order valence-electron chi connectivity index (χ0n) is 9.23. The predicted octanol–water partition coefficient (Wildman–Crippen LogP) is 5.32. The lowest BCUT2D eigenvalue weighted by Gasteiger charge is -2.00. The van der Waals surface area contributed by atoms with Crippen molar-refractivity contribution in [1.82, 2.24) is 0 Å². The average Bonchev–Trinajstić information content (AvgIpc) is 2.16. The van der Waals surface area contributed by atoms with Gasteiger partial charge in [-0.15, -0.1) is 0 Å². The minimum absolute atomic E-state index is 1.07. The van der Waals surface area contributed by atoms with E-state index >= 15 is 0 Å². The molecule has 0 fully saturated rings. The van der Waals surface area contributed by atoms with Gasteiger partial charge in [0.2, 0.25) is 0 Å². The molecule has 0 aliphatic heterocycles. The van der Waals surface area contributed by atoms with E-state index in [9.17, 15) is 0 Å². The zero-order valence-corrected chi connectivity index (χ0v) is 10.1. The first-order valence-electron chi connectivity index (χ1n) is 6.02. The van der Waals surface area contributed by atoms with Crippen LogP contribution in [0.1, 0.15) is 71.1 Å². The van der Waals surface area contributed by atoms with Crippen molar-refractivity contribution in [2.75, 3.05) is 6.16 Å². The molecule has 0 heterocycles. The minimum Gasteiger partial charge on any atom is -0.0654 e. The summed E-state index contributed by atoms with van der Waals surface area (Å²) in [6.45, 7) is 2.28. The van der Waals surface area contributed by atoms with Gasteiger partial charge in [-0.05, 0) is 21.8 Å². The van der Waals surface area contributed by atoms with E-state index in [4.69, 9.17) is 0 Å². The maximum Gasteiger partial charge on any atom is -0.0242 e. The topological polar surface area (TPSA) is 0 Å². The van der Waals surface area contributed by atoms with Gasteiger partial charge in [-0.25, -0.2) is 0 Å². The van der Waals surface area contributed by atoms with E-state index in [1.165, 1.54) is 64.2 Å². The van der Waals surface area contributed by atoms with Crippen LogP contribution < -0.4 is 0 Å². The van der Waals surface area contributed by atoms with E-state index in [1.807, 2.05) is 0 Å². The van der Waals surface area contributed by atoms with Crippen LogP contribution in [0.5, 0.6) is 0 Å². The van der Waals surface area contributed by atoms with Crippen LogP contribution >= 0.6 is 9.24 Å². The minimum atomic E-state index is 1.07. The normalized spacial score (nSPS) is 10.6. The number of unbranched alkanes of at least 4 members (excludes halogenated alkanes) is 9. The Morgan fingerprint density at radius 2 is 1.00 bits per heavy atom. The van der Waals surface area contributed by atoms with Crippen LogP contribution in [0, 0.1) is 0 Å². The molecule has 0 aromatic rings. The molecule has 0 amide bonds. The molecule has 0 aliphatic carbocycles. The molecule has 0 saturated heterocycles. The molecular weight excluding hydrogens is 175 g/mol. The molecule has 0 saturated carbocycles. The van der Waals surface area contributed by atoms with Gasteiger partial charge in [-0.1, -0.05) is 64.7 Å². The van der Waals surface area contributed by atoms with Gasteiger partial charge in [0, 0.05) is 0 Å². The quantitative estimate of drug-likeness (QED) is 0.331. The van der Waals surface area contributed by atoms with Crippen LogP contribution in [0.25, 0.3) is 0 Å². The van der Waals surface area contributed by atoms with Gasteiger partial charge < -0.3 is 0 Å². The summed E-state index contributed by atoms with van der Waals surface area (Å²) in [7, 11) is 4.20. The largest absolute Gasteiger partial charge is 0.0654 e. The highest BCUT2D eigenvalue weighted by Crippen LogP contribution is 2.10. The lowest BCUT2D eigenvalue weighted by molar-refractivity contribution is 0.563. The Labute approximate surface area is 87.1 Å². The molecule has 2 radical (unpaired) electrons. The van der Waals surface area contributed by atoms with Crippen LogP contribution in [0.4, 0.5) is 0 Å². The van der Waals surface area contributed by atoms with Crippen molar-refractivity contribution in [2.24, 2.45) is 0 Å². The molecule has 0 bridgehead atoms. The van der Waals surface area contributed by atoms with Gasteiger partial charge in [0.25, 0.3) is 0 Å². The molecule has 0 N–H and O–H groups in total. The fourth-order valence-electron chi connectivity index (χ4n) is 1.60. The van der Waals surface area contributed by atoms with E-state index in [1.54, 1.807) is 0 Å². The van der Waals surface area contributed by atoms with E-state index in [0.717, 1.165) is 6.16 Å². The molecule has 78 valence electrons. The second-order valence-electron chi connectivity index (χ2n) is 3.91. The van der Waals surface area contributed by atoms with Gasteiger partial charge in [0.1, 0.15) is 0 Å². The third-order valence-corrected chi connectivity index (χ3v) is 2.83. The monoisotopic (exact) mass is 200 g/mol. The van der Waals surface area contributed by atoms with E-state index in [0.29, 0.717) is 0 Å². The molecule has 0 unspecified atom stereocenters. The van der Waals surface area contributed by atoms with E-state index in [2.05, 4.69) is 16.2 Å². The molecule has 1 heteroatoms. The highest BCUT2D eigenvalue weighted by Gasteiger charge is 1.91. The van der Waals surface area contributed by atoms with Crippen molar-refractivity contribution in [1.29, 1.82) is 0 Å². The summed E-state index contributed by atoms with van der Waals surface area (Å²) >= 11 is 0. The average molecular weight is 200 g/mol. The Hall–Kier alpha value is 0.430. The fourth-order valence-corrected chi connectivity index (χ4v) is 1.82. The second-order valence-corrected chi connectivity index (χ2v) is 4.35. The molecular formula is C12H25P. The summed E-state index contributed by atoms with van der Waals surface area (Å²) in [4.78, 5) is 0. The Balaban J connectivity index is 2.76. The maximum absolute atomic E-state index is 4.20. The summed E-state index contributed by atoms with van der Waals surface area (Å²) in [6.07, 6.45) is 15.2. The van der Waals surface area contributed by atoms with Crippen molar-refractivity contribution in [2.45, 2.75) is 71.1 Å². The van der Waals surface area contributed by atoms with Crippen molar-refractivity contribution in [3.63, 3.8) is 0 Å². The number of hydrogen-bond donors (Lipinski definition) is 0. The Morgan fingerprint density at radius 1 is 0.615 bits per heavy atom. The Bertz CT molecular complexity index is 71.2. The first kappa shape index (κ1) is 13.4. The van der Waals surface area contributed by atoms with Crippen LogP contribution in [-0.4, -0.2) is 6.16 Å². The van der Waals surface area contributed by atoms with E-state index < -0.39 is 0 Å².